The van der Waals surface area contributed by atoms with E-state index in [9.17, 15) is 167 Å². The third-order valence-electron chi connectivity index (χ3n) is 18.4. The van der Waals surface area contributed by atoms with Crippen LogP contribution in [-0.2, 0) is 37.1 Å². The number of nitrogens with zero attached hydrogens (tertiary/aromatic N) is 20. The van der Waals surface area contributed by atoms with Crippen LogP contribution >= 0.6 is 0 Å². The van der Waals surface area contributed by atoms with Crippen molar-refractivity contribution in [3.05, 3.63) is 286 Å². The molecule has 0 atom stereocenters. The highest BCUT2D eigenvalue weighted by atomic mass is 16.7. The molecule has 6 aromatic carbocycles. The van der Waals surface area contributed by atoms with Gasteiger partial charge in [0.1, 0.15) is 88.2 Å². The fourth-order valence-electron chi connectivity index (χ4n) is 11.0. The normalized spacial score (nSPS) is 11.7. The molecule has 4 heterocycles. The number of aromatic hydroxyl groups is 11. The minimum Gasteiger partial charge on any atom is -0.504 e. The zero-order valence-electron chi connectivity index (χ0n) is 73.9. The molecule has 1 saturated carbocycles. The van der Waals surface area contributed by atoms with Crippen LogP contribution in [0.15, 0.2) is 169 Å². The van der Waals surface area contributed by atoms with Gasteiger partial charge < -0.3 is 127 Å². The Kier molecular flexibility index (Phi) is 38.8. The van der Waals surface area contributed by atoms with Crippen LogP contribution in [0, 0.1) is 129 Å². The third-order valence-corrected chi connectivity index (χ3v) is 18.4. The third kappa shape index (κ3) is 28.9. The van der Waals surface area contributed by atoms with E-state index in [0.29, 0.717) is 11.4 Å². The second-order valence-electron chi connectivity index (χ2n) is 27.8. The lowest BCUT2D eigenvalue weighted by molar-refractivity contribution is -0.386. The minimum atomic E-state index is -1.31. The van der Waals surface area contributed by atoms with Crippen molar-refractivity contribution in [1.82, 2.24) is 61.1 Å². The number of nitro benzene ring substituents is 6. The topological polar surface area (TPSA) is 1080 Å². The number of carboxylic acid groups (broad SMARTS) is 1. The van der Waals surface area contributed by atoms with Crippen LogP contribution in [-0.4, -0.2) is 186 Å². The number of anilines is 1. The van der Waals surface area contributed by atoms with Crippen molar-refractivity contribution < 1.29 is 124 Å². The number of methoxy groups -OCH3 is 1. The molecule has 0 radical (unpaired) electrons. The summed E-state index contributed by atoms with van der Waals surface area (Å²) in [6.07, 6.45) is 13.0. The van der Waals surface area contributed by atoms with Crippen molar-refractivity contribution >= 4 is 115 Å². The Balaban J connectivity index is 0.000000268. The van der Waals surface area contributed by atoms with Gasteiger partial charge in [0.25, 0.3) is 29.5 Å². The average Bonchev–Trinajstić information content (AvgIpc) is 1.33. The lowest BCUT2D eigenvalue weighted by Gasteiger charge is -2.10. The molecule has 5 amide bonds. The molecule has 10 aromatic rings. The number of carbonyl (C=O) groups excluding carboxylic acids is 5. The molecule has 146 heavy (non-hydrogen) atoms. The predicted molar refractivity (Wildman–Crippen MR) is 491 cm³/mol. The van der Waals surface area contributed by atoms with Crippen LogP contribution < -0.4 is 65.7 Å². The molecule has 746 valence electrons. The number of nitriles is 6. The highest BCUT2D eigenvalue weighted by Crippen LogP contribution is 2.44. The summed E-state index contributed by atoms with van der Waals surface area (Å²) >= 11 is 0. The van der Waals surface area contributed by atoms with E-state index in [1.54, 1.807) is 55.5 Å². The molecule has 1 aliphatic carbocycles. The number of ether oxygens (including phenoxy) is 1. The maximum atomic E-state index is 12.3. The first kappa shape index (κ1) is 111. The quantitative estimate of drug-likeness (QED) is 0.0116. The number of nitro groups is 6. The van der Waals surface area contributed by atoms with E-state index in [1.807, 2.05) is 0 Å². The molecule has 0 saturated heterocycles. The summed E-state index contributed by atoms with van der Waals surface area (Å²) in [5, 5.41) is 246. The molecule has 0 aliphatic heterocycles. The van der Waals surface area contributed by atoms with Crippen molar-refractivity contribution in [3.63, 3.8) is 0 Å². The number of carbonyl (C=O) groups is 6. The molecular formula is C84H69N31O31. The second kappa shape index (κ2) is 50.8. The zero-order chi connectivity index (χ0) is 109. The zero-order valence-corrected chi connectivity index (χ0v) is 73.9. The van der Waals surface area contributed by atoms with Crippen LogP contribution in [0.4, 0.5) is 39.9 Å². The van der Waals surface area contributed by atoms with Gasteiger partial charge in [-0.05, 0) is 68.3 Å². The van der Waals surface area contributed by atoms with E-state index in [2.05, 4.69) is 66.5 Å². The van der Waals surface area contributed by atoms with Gasteiger partial charge in [-0.1, -0.05) is 0 Å². The van der Waals surface area contributed by atoms with E-state index in [-0.39, 0.29) is 110 Å². The number of phenolic OH excluding ortho intramolecular Hbond substituents is 11. The van der Waals surface area contributed by atoms with Gasteiger partial charge in [0.05, 0.1) is 114 Å². The number of benzene rings is 6. The molecule has 0 unspecified atom stereocenters. The van der Waals surface area contributed by atoms with Crippen molar-refractivity contribution in [2.24, 2.45) is 34.4 Å². The van der Waals surface area contributed by atoms with Crippen LogP contribution in [0.3, 0.4) is 0 Å². The van der Waals surface area contributed by atoms with E-state index in [4.69, 9.17) is 54.8 Å². The summed E-state index contributed by atoms with van der Waals surface area (Å²) in [6.45, 7) is 1.93. The molecule has 1 aliphatic rings. The second-order valence-corrected chi connectivity index (χ2v) is 27.8. The van der Waals surface area contributed by atoms with Gasteiger partial charge >= 0.3 is 40.1 Å². The van der Waals surface area contributed by atoms with Crippen molar-refractivity contribution in [3.8, 4) is 105 Å². The predicted octanol–water partition coefficient (Wildman–Crippen LogP) is 3.20. The number of allylic oxidation sites excluding steroid dienone is 1. The summed E-state index contributed by atoms with van der Waals surface area (Å²) in [7, 11) is 1.20. The Morgan fingerprint density at radius 3 is 0.966 bits per heavy atom. The Morgan fingerprint density at radius 2 is 0.692 bits per heavy atom. The van der Waals surface area contributed by atoms with Crippen molar-refractivity contribution in [2.45, 2.75) is 38.9 Å². The number of phenols is 11. The lowest BCUT2D eigenvalue weighted by atomic mass is 10.0. The van der Waals surface area contributed by atoms with Gasteiger partial charge in [-0.2, -0.15) is 31.6 Å². The molecule has 11 rings (SSSR count). The average molecular weight is 2010 g/mol. The van der Waals surface area contributed by atoms with Crippen LogP contribution in [0.2, 0.25) is 0 Å². The van der Waals surface area contributed by atoms with E-state index >= 15 is 0 Å². The Bertz CT molecular complexity index is 7390. The van der Waals surface area contributed by atoms with Crippen LogP contribution in [0.1, 0.15) is 80.7 Å². The summed E-state index contributed by atoms with van der Waals surface area (Å²) in [5.74, 6) is -14.8. The highest BCUT2D eigenvalue weighted by molar-refractivity contribution is 6.12. The monoisotopic (exact) mass is 2010 g/mol. The van der Waals surface area contributed by atoms with Crippen LogP contribution in [0.25, 0.3) is 39.8 Å². The first-order chi connectivity index (χ1) is 69.0. The lowest BCUT2D eigenvalue weighted by Crippen LogP contribution is -2.28. The van der Waals surface area contributed by atoms with Gasteiger partial charge in [-0.15, -0.1) is 0 Å². The SMILES string of the molecule is CCNC(=O)/C(C#N)=C(\N)c1cc(O)c(O)c([N+](=O)[O-])c1.COc1cc(/C(N)=C(\C#N)C(=O)NCc2ccncn2)cc([N+](=O)[O-])c1O.N#C/C(=C(/N)c1cc(O)c(O)c([N+](=O)[O-])c1)c1cnc(C(=O)O)cn1.N#C/C(C(=O)NC1CC1)=C(/N)c1cc(O)c(O)c([N+](=O)[O-])c1.N#C/C(C(=O)NCc1ccncn1)=C(/N)c1cc(O)c(O)c([N+](=O)[O-])c1.N#C/C(C(=O)Nc1cnccn1)=C(/N)c1cc(O)c(O)c([N+](=O)[O-])c1. The molecule has 4 aromatic heterocycles. The molecule has 1 fully saturated rings. The number of nitrogens with two attached hydrogens (primary N) is 6. The fourth-order valence-corrected chi connectivity index (χ4v) is 11.0. The largest absolute Gasteiger partial charge is 0.504 e. The Labute approximate surface area is 812 Å². The summed E-state index contributed by atoms with van der Waals surface area (Å²) in [6, 6.07) is 24.0. The molecule has 62 nitrogen and oxygen atoms in total. The molecule has 0 spiro atoms. The number of nitrogens with one attached hydrogen (secondary N) is 5. The number of likely N-dealkylation sites (N-methyl/N-ethyl adjacent to an activating group) is 1. The number of amides is 5. The molecule has 29 N–H and O–H groups in total. The Hall–Kier alpha value is -23.4. The number of rotatable bonds is 27. The highest BCUT2D eigenvalue weighted by Gasteiger charge is 2.32. The molecule has 62 heteroatoms. The van der Waals surface area contributed by atoms with Crippen molar-refractivity contribution in [2.75, 3.05) is 19.0 Å². The standard InChI is InChI=1S/C16H14N6O5.C15H12N6O5.C14H10N6O5.C14H9N5O6.C13H12N4O5.C12H12N4O5/c1-27-13-5-9(4-12(15(13)23)22(25)26)14(18)11(6-17)16(24)20-7-10-2-3-19-8-21-10;16-5-10(15(24)19-6-9-1-2-18-7-20-9)13(17)8-3-11(21(25)26)14(23)12(22)4-8;15-5-8(14(23)19-11-6-17-1-2-18-11)12(16)7-3-9(20(24)25)13(22)10(21)4-7;15-3-7(8-4-18-9(5-17-8)14(22)23)12(16)6-1-10(19(24)25)13(21)11(20)2-6;14-5-8(13(20)16-7-1-2-7)11(15)6-3-9(17(21)22)12(19)10(18)4-6;1-2-15-12(19)7(5-13)10(14)6-3-8(16(20)21)11(18)9(17)4-6/h2-5,8,23H,7,18H2,1H3,(H,20,24);1-4,7,22-23H,6,17H2,(H,19,24);1-4,6,21-22H,16H2,(H,18,19,23);1-2,4-5,20-21H,16H2,(H,22,23);3-4,7,18-19H,1-2,15H2,(H,16,20);3-4,17-18H,2,14H2,1H3,(H,15,19)/b14-11-;13-10-;12-8-;12-7-;11-8-;10-7-. The summed E-state index contributed by atoms with van der Waals surface area (Å²) in [4.78, 5) is 161. The summed E-state index contributed by atoms with van der Waals surface area (Å²) < 4.78 is 4.88. The van der Waals surface area contributed by atoms with Gasteiger partial charge in [0.15, 0.2) is 46.0 Å². The number of aromatic nitrogens is 8. The van der Waals surface area contributed by atoms with Gasteiger partial charge in [0, 0.05) is 107 Å². The minimum absolute atomic E-state index is 0.000783. The van der Waals surface area contributed by atoms with Crippen LogP contribution in [0.5, 0.6) is 69.0 Å². The maximum absolute atomic E-state index is 12.3. The van der Waals surface area contributed by atoms with E-state index < -0.39 is 202 Å². The van der Waals surface area contributed by atoms with Crippen molar-refractivity contribution in [1.29, 1.82) is 31.6 Å². The smallest absolute Gasteiger partial charge is 0.356 e. The number of hydrogen-bond donors (Lipinski definition) is 23. The van der Waals surface area contributed by atoms with E-state index in [1.165, 1.54) is 56.8 Å². The number of carboxylic acids is 1. The van der Waals surface area contributed by atoms with Gasteiger partial charge in [-0.3, -0.25) is 94.6 Å². The number of hydrogen-bond acceptors (Lipinski definition) is 50. The molecular weight excluding hydrogens is 1940 g/mol. The van der Waals surface area contributed by atoms with E-state index in [0.717, 1.165) is 92.0 Å². The fraction of sp³-hybridized carbons (Fsp3) is 0.0952. The molecule has 0 bridgehead atoms. The first-order valence-electron chi connectivity index (χ1n) is 39.3. The Morgan fingerprint density at radius 1 is 0.384 bits per heavy atom. The first-order valence-corrected chi connectivity index (χ1v) is 39.3. The van der Waals surface area contributed by atoms with Gasteiger partial charge in [0.2, 0.25) is 34.5 Å². The maximum Gasteiger partial charge on any atom is 0.356 e. The van der Waals surface area contributed by atoms with Gasteiger partial charge in [-0.25, -0.2) is 34.7 Å². The summed E-state index contributed by atoms with van der Waals surface area (Å²) in [5.41, 5.74) is 25.0. The number of aromatic carboxylic acids is 1.